The van der Waals surface area contributed by atoms with Gasteiger partial charge in [-0.05, 0) is 22.4 Å². The summed E-state index contributed by atoms with van der Waals surface area (Å²) in [6, 6.07) is 0. The van der Waals surface area contributed by atoms with E-state index in [-0.39, 0.29) is 6.54 Å². The Hall–Kier alpha value is -0.550. The minimum atomic E-state index is -5.08. The second kappa shape index (κ2) is 4.75. The second-order valence-corrected chi connectivity index (χ2v) is 6.80. The standard InChI is InChI=1S/C7H11NO6P2/c9-7(15(10)11,16(12,13)14)4-6-2-1-3-8-5-6/h1-3,8-9H,4-5H2,(H2-,10,11,12,13,14)/p+1. The molecular weight excluding hydrogens is 256 g/mol. The number of hydrogen-bond donors (Lipinski definition) is 5. The highest BCUT2D eigenvalue weighted by molar-refractivity contribution is 7.66. The third kappa shape index (κ3) is 2.77. The van der Waals surface area contributed by atoms with Crippen LogP contribution in [0.25, 0.3) is 0 Å². The van der Waals surface area contributed by atoms with Gasteiger partial charge in [0.25, 0.3) is 0 Å². The number of dihydropyridines is 1. The topological polar surface area (TPSA) is 127 Å². The lowest BCUT2D eigenvalue weighted by Gasteiger charge is -2.19. The zero-order valence-corrected chi connectivity index (χ0v) is 9.93. The van der Waals surface area contributed by atoms with E-state index in [2.05, 4.69) is 5.32 Å². The van der Waals surface area contributed by atoms with Crippen LogP contribution in [0.15, 0.2) is 23.9 Å². The first-order valence-electron chi connectivity index (χ1n) is 4.29. The van der Waals surface area contributed by atoms with Crippen LogP contribution in [0.5, 0.6) is 0 Å². The van der Waals surface area contributed by atoms with Crippen LogP contribution >= 0.6 is 15.6 Å². The molecule has 0 saturated carbocycles. The molecule has 16 heavy (non-hydrogen) atoms. The molecule has 2 atom stereocenters. The Bertz CT molecular complexity index is 400. The third-order valence-electron chi connectivity index (χ3n) is 2.11. The van der Waals surface area contributed by atoms with Gasteiger partial charge in [0.1, 0.15) is 0 Å². The van der Waals surface area contributed by atoms with Gasteiger partial charge >= 0.3 is 20.7 Å². The highest BCUT2D eigenvalue weighted by Gasteiger charge is 2.63. The molecule has 9 heteroatoms. The summed E-state index contributed by atoms with van der Waals surface area (Å²) in [5.74, 6) is 0. The molecule has 0 amide bonds. The molecule has 0 fully saturated rings. The van der Waals surface area contributed by atoms with Gasteiger partial charge in [-0.15, -0.1) is 0 Å². The van der Waals surface area contributed by atoms with Crippen molar-refractivity contribution < 1.29 is 28.9 Å². The summed E-state index contributed by atoms with van der Waals surface area (Å²) < 4.78 is 21.9. The smallest absolute Gasteiger partial charge is 0.387 e. The molecule has 0 bridgehead atoms. The van der Waals surface area contributed by atoms with Crippen LogP contribution in [0.4, 0.5) is 0 Å². The molecule has 1 heterocycles. The SMILES string of the molecule is O=[P+](O)C(O)(CC1=CC=CNC1)P(=O)(O)O. The molecule has 1 aliphatic heterocycles. The van der Waals surface area contributed by atoms with Gasteiger partial charge in [-0.1, -0.05) is 6.08 Å². The first kappa shape index (κ1) is 13.5. The molecule has 5 N–H and O–H groups in total. The van der Waals surface area contributed by atoms with Crippen molar-refractivity contribution in [2.45, 2.75) is 11.5 Å². The van der Waals surface area contributed by atoms with E-state index in [0.29, 0.717) is 5.57 Å². The third-order valence-corrected chi connectivity index (χ3v) is 5.27. The Labute approximate surface area is 92.5 Å². The number of allylic oxidation sites excluding steroid dienone is 2. The lowest BCUT2D eigenvalue weighted by atomic mass is 10.1. The van der Waals surface area contributed by atoms with Gasteiger partial charge in [-0.2, -0.15) is 4.89 Å². The van der Waals surface area contributed by atoms with E-state index in [9.17, 15) is 14.2 Å². The van der Waals surface area contributed by atoms with Crippen molar-refractivity contribution in [2.24, 2.45) is 0 Å². The van der Waals surface area contributed by atoms with Crippen LogP contribution in [-0.2, 0) is 9.13 Å². The van der Waals surface area contributed by atoms with E-state index < -0.39 is 27.1 Å². The van der Waals surface area contributed by atoms with Gasteiger partial charge in [-0.25, -0.2) is 0 Å². The van der Waals surface area contributed by atoms with Crippen molar-refractivity contribution in [1.29, 1.82) is 0 Å². The van der Waals surface area contributed by atoms with Crippen LogP contribution in [-0.4, -0.2) is 31.4 Å². The molecule has 0 aromatic heterocycles. The highest BCUT2D eigenvalue weighted by Crippen LogP contribution is 2.62. The number of nitrogens with one attached hydrogen (secondary N) is 1. The predicted octanol–water partition coefficient (Wildman–Crippen LogP) is -0.0217. The normalized spacial score (nSPS) is 20.8. The Balaban J connectivity index is 2.97. The molecule has 1 aliphatic rings. The first-order chi connectivity index (χ1) is 7.27. The maximum Gasteiger partial charge on any atom is 0.555 e. The molecular formula is C7H12NO6P2+. The van der Waals surface area contributed by atoms with Gasteiger partial charge in [0.05, 0.1) is 6.42 Å². The van der Waals surface area contributed by atoms with Crippen molar-refractivity contribution >= 4 is 15.6 Å². The molecule has 90 valence electrons. The molecule has 0 aliphatic carbocycles. The van der Waals surface area contributed by atoms with Crippen LogP contribution in [0, 0.1) is 0 Å². The maximum absolute atomic E-state index is 11.0. The number of aliphatic hydroxyl groups is 1. The fraction of sp³-hybridized carbons (Fsp3) is 0.429. The van der Waals surface area contributed by atoms with E-state index in [1.54, 1.807) is 12.3 Å². The Morgan fingerprint density at radius 2 is 2.19 bits per heavy atom. The summed E-state index contributed by atoms with van der Waals surface area (Å²) in [7, 11) is -8.49. The quantitative estimate of drug-likeness (QED) is 0.453. The fourth-order valence-corrected chi connectivity index (χ4v) is 2.85. The highest BCUT2D eigenvalue weighted by atomic mass is 31.2. The molecule has 0 aromatic carbocycles. The van der Waals surface area contributed by atoms with Gasteiger partial charge in [0.2, 0.25) is 0 Å². The Kier molecular flexibility index (Phi) is 4.02. The largest absolute Gasteiger partial charge is 0.555 e. The lowest BCUT2D eigenvalue weighted by molar-refractivity contribution is 0.154. The van der Waals surface area contributed by atoms with E-state index in [1.807, 2.05) is 0 Å². The molecule has 7 nitrogen and oxygen atoms in total. The van der Waals surface area contributed by atoms with Gasteiger partial charge in [0.15, 0.2) is 0 Å². The summed E-state index contributed by atoms with van der Waals surface area (Å²) in [5.41, 5.74) is 0.436. The molecule has 0 aromatic rings. The zero-order valence-electron chi connectivity index (χ0n) is 8.15. The number of hydrogen-bond acceptors (Lipinski definition) is 4. The van der Waals surface area contributed by atoms with Gasteiger partial charge < -0.3 is 20.2 Å². The summed E-state index contributed by atoms with van der Waals surface area (Å²) in [6.45, 7) is 0.266. The average Bonchev–Trinajstić information content (AvgIpc) is 2.17. The van der Waals surface area contributed by atoms with Crippen molar-refractivity contribution in [3.63, 3.8) is 0 Å². The van der Waals surface area contributed by atoms with E-state index >= 15 is 0 Å². The van der Waals surface area contributed by atoms with Crippen molar-refractivity contribution in [3.05, 3.63) is 23.9 Å². The van der Waals surface area contributed by atoms with Crippen LogP contribution in [0.1, 0.15) is 6.42 Å². The molecule has 0 spiro atoms. The zero-order chi connectivity index (χ0) is 12.4. The van der Waals surface area contributed by atoms with Crippen LogP contribution in [0.3, 0.4) is 0 Å². The fourth-order valence-electron chi connectivity index (χ4n) is 1.21. The summed E-state index contributed by atoms with van der Waals surface area (Å²) >= 11 is 0. The van der Waals surface area contributed by atoms with Crippen LogP contribution in [0.2, 0.25) is 0 Å². The Morgan fingerprint density at radius 3 is 2.56 bits per heavy atom. The minimum Gasteiger partial charge on any atom is -0.387 e. The summed E-state index contributed by atoms with van der Waals surface area (Å²) in [4.78, 5) is 26.6. The monoisotopic (exact) mass is 268 g/mol. The first-order valence-corrected chi connectivity index (χ1v) is 7.12. The predicted molar refractivity (Wildman–Crippen MR) is 56.7 cm³/mol. The van der Waals surface area contributed by atoms with Gasteiger partial charge in [0, 0.05) is 6.54 Å². The van der Waals surface area contributed by atoms with Crippen molar-refractivity contribution in [2.75, 3.05) is 6.54 Å². The maximum atomic E-state index is 11.0. The minimum absolute atomic E-state index is 0.266. The average molecular weight is 268 g/mol. The lowest BCUT2D eigenvalue weighted by Crippen LogP contribution is -2.27. The Morgan fingerprint density at radius 1 is 1.56 bits per heavy atom. The van der Waals surface area contributed by atoms with Gasteiger partial charge in [-0.3, -0.25) is 4.57 Å². The summed E-state index contributed by atoms with van der Waals surface area (Å²) in [5, 5.41) is 9.43. The summed E-state index contributed by atoms with van der Waals surface area (Å²) in [6.07, 6.45) is 4.15. The van der Waals surface area contributed by atoms with Crippen molar-refractivity contribution in [3.8, 4) is 0 Å². The molecule has 2 unspecified atom stereocenters. The number of rotatable bonds is 4. The molecule has 1 rings (SSSR count). The van der Waals surface area contributed by atoms with Crippen LogP contribution < -0.4 is 5.32 Å². The van der Waals surface area contributed by atoms with Crippen molar-refractivity contribution in [1.82, 2.24) is 5.32 Å². The molecule has 0 radical (unpaired) electrons. The molecule has 0 saturated heterocycles. The van der Waals surface area contributed by atoms with E-state index in [0.717, 1.165) is 0 Å². The van der Waals surface area contributed by atoms with E-state index in [4.69, 9.17) is 14.7 Å². The van der Waals surface area contributed by atoms with E-state index in [1.165, 1.54) is 6.08 Å². The second-order valence-electron chi connectivity index (χ2n) is 3.33.